The first-order chi connectivity index (χ1) is 13.8. The van der Waals surface area contributed by atoms with Gasteiger partial charge in [-0.15, -0.1) is 0 Å². The van der Waals surface area contributed by atoms with Crippen molar-refractivity contribution in [3.63, 3.8) is 0 Å². The van der Waals surface area contributed by atoms with Crippen LogP contribution in [0.15, 0.2) is 41.4 Å². The third-order valence-electron chi connectivity index (χ3n) is 5.38. The minimum Gasteiger partial charge on any atom is -0.271 e. The van der Waals surface area contributed by atoms with Crippen LogP contribution in [0, 0.1) is 20.8 Å². The van der Waals surface area contributed by atoms with Crippen molar-refractivity contribution in [1.29, 1.82) is 0 Å². The summed E-state index contributed by atoms with van der Waals surface area (Å²) < 4.78 is 32.4. The molecule has 3 rings (SSSR count). The van der Waals surface area contributed by atoms with E-state index in [9.17, 15) is 8.42 Å². The third kappa shape index (κ3) is 4.28. The molecule has 0 bridgehead atoms. The summed E-state index contributed by atoms with van der Waals surface area (Å²) in [5, 5.41) is 8.69. The molecule has 0 saturated carbocycles. The maximum atomic E-state index is 13.6. The number of aryl methyl sites for hydroxylation is 3. The van der Waals surface area contributed by atoms with Gasteiger partial charge in [-0.05, 0) is 39.7 Å². The number of benzene rings is 1. The van der Waals surface area contributed by atoms with Gasteiger partial charge in [0.05, 0.1) is 17.6 Å². The Kier molecular flexibility index (Phi) is 6.24. The van der Waals surface area contributed by atoms with Crippen molar-refractivity contribution in [3.8, 4) is 0 Å². The summed E-state index contributed by atoms with van der Waals surface area (Å²) in [4.78, 5) is 0.300. The summed E-state index contributed by atoms with van der Waals surface area (Å²) in [7, 11) is -1.94. The van der Waals surface area contributed by atoms with Crippen LogP contribution in [0.1, 0.15) is 35.1 Å². The molecule has 0 atom stereocenters. The quantitative estimate of drug-likeness (QED) is 0.567. The van der Waals surface area contributed by atoms with E-state index in [2.05, 4.69) is 10.2 Å². The normalized spacial score (nSPS) is 12.1. The van der Waals surface area contributed by atoms with Crippen molar-refractivity contribution in [2.75, 3.05) is 6.54 Å². The van der Waals surface area contributed by atoms with Crippen LogP contribution in [0.4, 0.5) is 0 Å². The second-order valence-electron chi connectivity index (χ2n) is 7.27. The van der Waals surface area contributed by atoms with Gasteiger partial charge in [0, 0.05) is 37.9 Å². The van der Waals surface area contributed by atoms with Crippen LogP contribution in [-0.4, -0.2) is 38.8 Å². The Bertz CT molecular complexity index is 1080. The lowest BCUT2D eigenvalue weighted by atomic mass is 10.1. The molecule has 1 aromatic carbocycles. The van der Waals surface area contributed by atoms with Crippen LogP contribution in [-0.2, 0) is 36.6 Å². The summed E-state index contributed by atoms with van der Waals surface area (Å²) >= 11 is 0. The highest BCUT2D eigenvalue weighted by atomic mass is 32.2. The fourth-order valence-electron chi connectivity index (χ4n) is 3.59. The van der Waals surface area contributed by atoms with E-state index < -0.39 is 10.0 Å². The minimum atomic E-state index is -3.71. The van der Waals surface area contributed by atoms with Gasteiger partial charge in [0.15, 0.2) is 0 Å². The van der Waals surface area contributed by atoms with Crippen molar-refractivity contribution in [2.45, 2.75) is 52.1 Å². The maximum absolute atomic E-state index is 13.6. The average Bonchev–Trinajstić information content (AvgIpc) is 3.17. The average molecular weight is 416 g/mol. The Morgan fingerprint density at radius 1 is 1.07 bits per heavy atom. The smallest absolute Gasteiger partial charge is 0.247 e. The predicted octanol–water partition coefficient (Wildman–Crippen LogP) is 3.00. The van der Waals surface area contributed by atoms with Gasteiger partial charge >= 0.3 is 0 Å². The number of hydrogen-bond donors (Lipinski definition) is 0. The van der Waals surface area contributed by atoms with Gasteiger partial charge in [-0.25, -0.2) is 8.42 Å². The molecule has 156 valence electrons. The third-order valence-corrected chi connectivity index (χ3v) is 7.48. The van der Waals surface area contributed by atoms with Gasteiger partial charge < -0.3 is 0 Å². The van der Waals surface area contributed by atoms with Gasteiger partial charge in [0.25, 0.3) is 0 Å². The Labute approximate surface area is 173 Å². The molecular formula is C21H29N5O2S. The Morgan fingerprint density at radius 2 is 1.76 bits per heavy atom. The zero-order valence-corrected chi connectivity index (χ0v) is 18.6. The van der Waals surface area contributed by atoms with Crippen LogP contribution >= 0.6 is 0 Å². The van der Waals surface area contributed by atoms with Crippen molar-refractivity contribution in [2.24, 2.45) is 7.05 Å². The molecule has 29 heavy (non-hydrogen) atoms. The maximum Gasteiger partial charge on any atom is 0.247 e. The second-order valence-corrected chi connectivity index (χ2v) is 9.14. The molecule has 0 aliphatic carbocycles. The Morgan fingerprint density at radius 3 is 2.31 bits per heavy atom. The number of sulfonamides is 1. The zero-order chi connectivity index (χ0) is 21.2. The van der Waals surface area contributed by atoms with Crippen molar-refractivity contribution >= 4 is 10.0 Å². The fourth-order valence-corrected chi connectivity index (χ4v) is 5.41. The van der Waals surface area contributed by atoms with E-state index in [1.807, 2.05) is 48.9 Å². The molecule has 0 spiro atoms. The monoisotopic (exact) mass is 415 g/mol. The Balaban J connectivity index is 1.97. The SMILES string of the molecule is CCn1ncc(CN(CCc2ccccc2)S(=O)(=O)c2c(C)nn(C)c2C)c1C. The van der Waals surface area contributed by atoms with Crippen LogP contribution < -0.4 is 0 Å². The molecule has 2 heterocycles. The van der Waals surface area contributed by atoms with Gasteiger partial charge in [-0.2, -0.15) is 14.5 Å². The van der Waals surface area contributed by atoms with Gasteiger partial charge in [0.2, 0.25) is 10.0 Å². The molecule has 0 amide bonds. The van der Waals surface area contributed by atoms with E-state index in [4.69, 9.17) is 0 Å². The van der Waals surface area contributed by atoms with E-state index in [0.29, 0.717) is 29.2 Å². The van der Waals surface area contributed by atoms with Crippen molar-refractivity contribution < 1.29 is 8.42 Å². The molecule has 0 radical (unpaired) electrons. The molecule has 0 saturated heterocycles. The topological polar surface area (TPSA) is 73.0 Å². The van der Waals surface area contributed by atoms with E-state index in [-0.39, 0.29) is 6.54 Å². The van der Waals surface area contributed by atoms with Gasteiger partial charge in [-0.3, -0.25) is 9.36 Å². The standard InChI is InChI=1S/C21H29N5O2S/c1-6-26-17(3)20(14-22-26)15-25(13-12-19-10-8-7-9-11-19)29(27,28)21-16(2)23-24(5)18(21)4/h7-11,14H,6,12-13,15H2,1-5H3. The summed E-state index contributed by atoms with van der Waals surface area (Å²) in [5.74, 6) is 0. The first kappa shape index (κ1) is 21.3. The lowest BCUT2D eigenvalue weighted by Gasteiger charge is -2.22. The largest absolute Gasteiger partial charge is 0.271 e. The summed E-state index contributed by atoms with van der Waals surface area (Å²) in [6.07, 6.45) is 2.41. The van der Waals surface area contributed by atoms with Crippen LogP contribution in [0.3, 0.4) is 0 Å². The van der Waals surface area contributed by atoms with E-state index in [0.717, 1.165) is 23.4 Å². The summed E-state index contributed by atoms with van der Waals surface area (Å²) in [6.45, 7) is 8.97. The molecule has 0 aliphatic rings. The molecule has 0 N–H and O–H groups in total. The van der Waals surface area contributed by atoms with Crippen molar-refractivity contribution in [1.82, 2.24) is 23.9 Å². The highest BCUT2D eigenvalue weighted by Crippen LogP contribution is 2.25. The van der Waals surface area contributed by atoms with Crippen LogP contribution in [0.5, 0.6) is 0 Å². The van der Waals surface area contributed by atoms with E-state index >= 15 is 0 Å². The van der Waals surface area contributed by atoms with Gasteiger partial charge in [-0.1, -0.05) is 30.3 Å². The number of rotatable bonds is 8. The number of hydrogen-bond acceptors (Lipinski definition) is 4. The lowest BCUT2D eigenvalue weighted by molar-refractivity contribution is 0.407. The number of nitrogens with zero attached hydrogens (tertiary/aromatic N) is 5. The first-order valence-corrected chi connectivity index (χ1v) is 11.2. The van der Waals surface area contributed by atoms with Crippen LogP contribution in [0.25, 0.3) is 0 Å². The summed E-state index contributed by atoms with van der Waals surface area (Å²) in [6, 6.07) is 9.94. The van der Waals surface area contributed by atoms with E-state index in [1.54, 1.807) is 36.1 Å². The Hall–Kier alpha value is -2.45. The molecule has 7 nitrogen and oxygen atoms in total. The molecule has 8 heteroatoms. The summed E-state index contributed by atoms with van der Waals surface area (Å²) in [5.41, 5.74) is 4.19. The van der Waals surface area contributed by atoms with Crippen molar-refractivity contribution in [3.05, 3.63) is 64.7 Å². The second kappa shape index (κ2) is 8.51. The molecule has 0 unspecified atom stereocenters. The van der Waals surface area contributed by atoms with Crippen LogP contribution in [0.2, 0.25) is 0 Å². The fraction of sp³-hybridized carbons (Fsp3) is 0.429. The highest BCUT2D eigenvalue weighted by molar-refractivity contribution is 7.89. The predicted molar refractivity (Wildman–Crippen MR) is 113 cm³/mol. The molecule has 0 aliphatic heterocycles. The first-order valence-electron chi connectivity index (χ1n) is 9.81. The van der Waals surface area contributed by atoms with E-state index in [1.165, 1.54) is 0 Å². The lowest BCUT2D eigenvalue weighted by Crippen LogP contribution is -2.33. The zero-order valence-electron chi connectivity index (χ0n) is 17.8. The highest BCUT2D eigenvalue weighted by Gasteiger charge is 2.31. The number of aromatic nitrogens is 4. The van der Waals surface area contributed by atoms with Gasteiger partial charge in [0.1, 0.15) is 4.90 Å². The molecular weight excluding hydrogens is 386 g/mol. The molecule has 3 aromatic rings. The molecule has 2 aromatic heterocycles. The molecule has 0 fully saturated rings. The minimum absolute atomic E-state index is 0.286.